The lowest BCUT2D eigenvalue weighted by Gasteiger charge is -2.09. The minimum atomic E-state index is -3.77. The molecule has 0 radical (unpaired) electrons. The average Bonchev–Trinajstić information content (AvgIpc) is 3.06. The first-order valence-electron chi connectivity index (χ1n) is 9.25. The molecule has 7 nitrogen and oxygen atoms in total. The molecule has 0 bridgehead atoms. The van der Waals surface area contributed by atoms with E-state index in [2.05, 4.69) is 15.8 Å². The first-order chi connectivity index (χ1) is 14.3. The van der Waals surface area contributed by atoms with E-state index in [-0.39, 0.29) is 16.1 Å². The van der Waals surface area contributed by atoms with E-state index in [0.717, 1.165) is 11.1 Å². The van der Waals surface area contributed by atoms with Gasteiger partial charge in [-0.05, 0) is 30.7 Å². The average molecular weight is 420 g/mol. The topological polar surface area (TPSA) is 107 Å². The van der Waals surface area contributed by atoms with Crippen molar-refractivity contribution in [3.05, 3.63) is 89.7 Å². The van der Waals surface area contributed by atoms with Gasteiger partial charge in [-0.3, -0.25) is 9.52 Å². The van der Waals surface area contributed by atoms with Crippen molar-refractivity contribution in [3.63, 3.8) is 0 Å². The van der Waals surface area contributed by atoms with Crippen LogP contribution in [0.25, 0.3) is 11.0 Å². The van der Waals surface area contributed by atoms with Crippen molar-refractivity contribution in [2.75, 3.05) is 4.72 Å². The van der Waals surface area contributed by atoms with Gasteiger partial charge >= 0.3 is 0 Å². The Hall–Kier alpha value is -3.65. The van der Waals surface area contributed by atoms with Gasteiger partial charge in [0.25, 0.3) is 15.9 Å². The second-order valence-corrected chi connectivity index (χ2v) is 8.72. The fraction of sp³-hybridized carbons (Fsp3) is 0.0909. The maximum atomic E-state index is 12.6. The smallest absolute Gasteiger partial charge is 0.261 e. The summed E-state index contributed by atoms with van der Waals surface area (Å²) >= 11 is 0. The van der Waals surface area contributed by atoms with E-state index in [1.54, 1.807) is 30.5 Å². The summed E-state index contributed by atoms with van der Waals surface area (Å²) in [5.41, 5.74) is 8.83. The number of nitrogens with one attached hydrogen (secondary N) is 1. The number of nitrogens with two attached hydrogens (primary N) is 1. The number of rotatable bonds is 6. The number of primary amides is 1. The van der Waals surface area contributed by atoms with Crippen LogP contribution in [-0.4, -0.2) is 23.9 Å². The second kappa shape index (κ2) is 7.64. The first kappa shape index (κ1) is 19.7. The Morgan fingerprint density at radius 1 is 1.10 bits per heavy atom. The van der Waals surface area contributed by atoms with Crippen LogP contribution in [0.4, 0.5) is 5.69 Å². The number of carbonyl (C=O) groups is 1. The molecule has 4 aromatic rings. The third-order valence-corrected chi connectivity index (χ3v) is 6.12. The number of hydrogen-bond donors (Lipinski definition) is 2. The largest absolute Gasteiger partial charge is 0.366 e. The highest BCUT2D eigenvalue weighted by Crippen LogP contribution is 2.25. The number of nitrogens with zero attached hydrogens (tertiary/aromatic N) is 2. The zero-order valence-electron chi connectivity index (χ0n) is 16.2. The van der Waals surface area contributed by atoms with Crippen molar-refractivity contribution < 1.29 is 13.2 Å². The van der Waals surface area contributed by atoms with Crippen LogP contribution in [0, 0.1) is 6.92 Å². The Morgan fingerprint density at radius 2 is 1.87 bits per heavy atom. The molecule has 2 aromatic carbocycles. The summed E-state index contributed by atoms with van der Waals surface area (Å²) in [5.74, 6) is -0.604. The standard InChI is InChI=1S/C22H20N4O3S/c1-15-6-5-7-16(10-15)13-26-14-20(21(23)27)19-11-17(12-24-22(19)26)25-30(28,29)18-8-3-2-4-9-18/h2-12,14,25H,13H2,1H3,(H2,23,27). The lowest BCUT2D eigenvalue weighted by atomic mass is 10.1. The van der Waals surface area contributed by atoms with E-state index in [1.165, 1.54) is 18.3 Å². The summed E-state index contributed by atoms with van der Waals surface area (Å²) in [4.78, 5) is 16.5. The van der Waals surface area contributed by atoms with Crippen molar-refractivity contribution in [2.45, 2.75) is 18.4 Å². The monoisotopic (exact) mass is 420 g/mol. The summed E-state index contributed by atoms with van der Waals surface area (Å²) in [6.07, 6.45) is 3.08. The summed E-state index contributed by atoms with van der Waals surface area (Å²) in [7, 11) is -3.77. The van der Waals surface area contributed by atoms with Gasteiger partial charge in [-0.15, -0.1) is 0 Å². The Bertz CT molecular complexity index is 1350. The lowest BCUT2D eigenvalue weighted by molar-refractivity contribution is 0.100. The summed E-state index contributed by atoms with van der Waals surface area (Å²) in [6, 6.07) is 17.6. The summed E-state index contributed by atoms with van der Waals surface area (Å²) < 4.78 is 29.5. The molecule has 0 saturated heterocycles. The molecule has 0 fully saturated rings. The Morgan fingerprint density at radius 3 is 2.57 bits per heavy atom. The van der Waals surface area contributed by atoms with Gasteiger partial charge in [-0.1, -0.05) is 48.0 Å². The van der Waals surface area contributed by atoms with E-state index in [0.29, 0.717) is 17.6 Å². The predicted molar refractivity (Wildman–Crippen MR) is 116 cm³/mol. The van der Waals surface area contributed by atoms with Gasteiger partial charge in [0.1, 0.15) is 5.65 Å². The number of hydrogen-bond acceptors (Lipinski definition) is 4. The number of aromatic nitrogens is 2. The number of anilines is 1. The normalized spacial score (nSPS) is 11.5. The first-order valence-corrected chi connectivity index (χ1v) is 10.7. The van der Waals surface area contributed by atoms with Gasteiger partial charge in [-0.25, -0.2) is 13.4 Å². The van der Waals surface area contributed by atoms with Gasteiger partial charge in [-0.2, -0.15) is 0 Å². The van der Waals surface area contributed by atoms with Gasteiger partial charge in [0.05, 0.1) is 22.3 Å². The molecular weight excluding hydrogens is 400 g/mol. The number of pyridine rings is 1. The van der Waals surface area contributed by atoms with Gasteiger partial charge < -0.3 is 10.3 Å². The molecule has 4 rings (SSSR count). The molecule has 0 unspecified atom stereocenters. The quantitative estimate of drug-likeness (QED) is 0.499. The Balaban J connectivity index is 1.73. The number of aryl methyl sites for hydroxylation is 1. The maximum Gasteiger partial charge on any atom is 0.261 e. The van der Waals surface area contributed by atoms with E-state index >= 15 is 0 Å². The van der Waals surface area contributed by atoms with Crippen LogP contribution in [0.2, 0.25) is 0 Å². The third kappa shape index (κ3) is 3.90. The molecule has 1 amide bonds. The molecule has 3 N–H and O–H groups in total. The Kier molecular flexibility index (Phi) is 5.01. The van der Waals surface area contributed by atoms with Crippen LogP contribution in [-0.2, 0) is 16.6 Å². The van der Waals surface area contributed by atoms with Crippen LogP contribution in [0.5, 0.6) is 0 Å². The molecule has 0 saturated carbocycles. The predicted octanol–water partition coefficient (Wildman–Crippen LogP) is 3.29. The number of sulfonamides is 1. The van der Waals surface area contributed by atoms with Gasteiger partial charge in [0, 0.05) is 18.1 Å². The highest BCUT2D eigenvalue weighted by atomic mass is 32.2. The summed E-state index contributed by atoms with van der Waals surface area (Å²) in [6.45, 7) is 2.52. The zero-order chi connectivity index (χ0) is 21.3. The van der Waals surface area contributed by atoms with E-state index in [1.807, 2.05) is 29.7 Å². The van der Waals surface area contributed by atoms with Crippen molar-refractivity contribution in [3.8, 4) is 0 Å². The molecule has 2 aromatic heterocycles. The molecule has 30 heavy (non-hydrogen) atoms. The fourth-order valence-electron chi connectivity index (χ4n) is 3.36. The van der Waals surface area contributed by atoms with Crippen LogP contribution in [0.3, 0.4) is 0 Å². The summed E-state index contributed by atoms with van der Waals surface area (Å²) in [5, 5.41) is 0.489. The van der Waals surface area contributed by atoms with Crippen LogP contribution in [0.15, 0.2) is 78.0 Å². The van der Waals surface area contributed by atoms with Crippen molar-refractivity contribution >= 4 is 32.7 Å². The highest BCUT2D eigenvalue weighted by Gasteiger charge is 2.18. The zero-order valence-corrected chi connectivity index (χ0v) is 17.1. The van der Waals surface area contributed by atoms with Crippen molar-refractivity contribution in [1.82, 2.24) is 9.55 Å². The molecule has 0 aliphatic heterocycles. The SMILES string of the molecule is Cc1cccc(Cn2cc(C(N)=O)c3cc(NS(=O)(=O)c4ccccc4)cnc32)c1. The fourth-order valence-corrected chi connectivity index (χ4v) is 4.42. The van der Waals surface area contributed by atoms with Gasteiger partial charge in [0.2, 0.25) is 0 Å². The molecule has 0 spiro atoms. The number of amides is 1. The van der Waals surface area contributed by atoms with Gasteiger partial charge in [0.15, 0.2) is 0 Å². The molecule has 2 heterocycles. The molecule has 0 aliphatic rings. The van der Waals surface area contributed by atoms with Crippen LogP contribution < -0.4 is 10.5 Å². The van der Waals surface area contributed by atoms with E-state index < -0.39 is 15.9 Å². The minimum absolute atomic E-state index is 0.136. The maximum absolute atomic E-state index is 12.6. The van der Waals surface area contributed by atoms with E-state index in [4.69, 9.17) is 5.73 Å². The number of carbonyl (C=O) groups excluding carboxylic acids is 1. The molecule has 0 aliphatic carbocycles. The molecule has 152 valence electrons. The van der Waals surface area contributed by atoms with Crippen molar-refractivity contribution in [1.29, 1.82) is 0 Å². The number of fused-ring (bicyclic) bond motifs is 1. The highest BCUT2D eigenvalue weighted by molar-refractivity contribution is 7.92. The lowest BCUT2D eigenvalue weighted by Crippen LogP contribution is -2.13. The van der Waals surface area contributed by atoms with Crippen LogP contribution in [0.1, 0.15) is 21.5 Å². The molecule has 0 atom stereocenters. The Labute approximate surface area is 174 Å². The second-order valence-electron chi connectivity index (χ2n) is 7.04. The van der Waals surface area contributed by atoms with Crippen LogP contribution >= 0.6 is 0 Å². The van der Waals surface area contributed by atoms with E-state index in [9.17, 15) is 13.2 Å². The molecular formula is C22H20N4O3S. The molecule has 8 heteroatoms. The third-order valence-electron chi connectivity index (χ3n) is 4.72. The van der Waals surface area contributed by atoms with Crippen molar-refractivity contribution in [2.24, 2.45) is 5.73 Å². The number of benzene rings is 2. The minimum Gasteiger partial charge on any atom is -0.366 e.